The smallest absolute Gasteiger partial charge is 0.133 e. The van der Waals surface area contributed by atoms with Crippen LogP contribution in [0.3, 0.4) is 0 Å². The number of thiophene rings is 8. The van der Waals surface area contributed by atoms with Crippen LogP contribution in [0.5, 0.6) is 5.75 Å². The van der Waals surface area contributed by atoms with Crippen molar-refractivity contribution < 1.29 is 4.74 Å². The van der Waals surface area contributed by atoms with Gasteiger partial charge in [-0.3, -0.25) is 0 Å². The van der Waals surface area contributed by atoms with E-state index in [2.05, 4.69) is 153 Å². The van der Waals surface area contributed by atoms with Crippen LogP contribution in [0.2, 0.25) is 0 Å². The van der Waals surface area contributed by atoms with Crippen LogP contribution in [0.15, 0.2) is 83.6 Å². The number of aromatic nitrogens is 2. The molecule has 0 aliphatic carbocycles. The standard InChI is InChI=1S/C83H102N2OS9/c1-11-20-25-26-27-28-43-86-79-52(10)71(69-50-63-74(67-39-35-59(91-67)48-55(18-8)31-23-14-4)80-61(41-44-87-80)72(82(63)93-69)65-37-33-57(89-65)46-53(16-6)29-21-12-2)77-78(85-95-84-77)76(79)70-51-64-75(68-40-36-60(92-68)49-56(19-9)32-24-15-5)81-62(42-45-88-81)73(83(64)94-70)66-38-34-58(90-66)47-54(17-7)30-22-13-3/h33-42,44-45,50-51,53-56H,11-32,43,46-49H2,1-10H3. The van der Waals surface area contributed by atoms with Gasteiger partial charge in [-0.2, -0.15) is 8.75 Å². The molecule has 0 bridgehead atoms. The summed E-state index contributed by atoms with van der Waals surface area (Å²) in [5, 5.41) is 10.2. The fourth-order valence-corrected chi connectivity index (χ4v) is 25.0. The van der Waals surface area contributed by atoms with Gasteiger partial charge in [0.2, 0.25) is 0 Å². The lowest BCUT2D eigenvalue weighted by Crippen LogP contribution is -2.02. The molecule has 0 fully saturated rings. The molecule has 0 aliphatic rings. The Bertz CT molecular complexity index is 4210. The fraction of sp³-hybridized carbons (Fsp3) is 0.494. The van der Waals surface area contributed by atoms with Gasteiger partial charge in [-0.15, -0.1) is 90.7 Å². The number of nitrogens with zero attached hydrogens (tertiary/aromatic N) is 2. The highest BCUT2D eigenvalue weighted by atomic mass is 32.1. The SMILES string of the molecule is CCCCCCCCOc1c(C)c(-c2cc3c(-c4ccc(CC(CC)CCCC)s4)c4sccc4c(-c4ccc(CC(CC)CCCC)s4)c3s2)c2nsnc2c1-c1cc2c(-c3ccc(CC(CC)CCCC)s3)c3sccc3c(-c3ccc(CC(CC)CCCC)s3)c2s1. The summed E-state index contributed by atoms with van der Waals surface area (Å²) in [4.78, 5) is 14.1. The van der Waals surface area contributed by atoms with Gasteiger partial charge in [-0.05, 0) is 146 Å². The summed E-state index contributed by atoms with van der Waals surface area (Å²) in [6.07, 6.45) is 32.2. The van der Waals surface area contributed by atoms with E-state index in [0.29, 0.717) is 30.3 Å². The summed E-state index contributed by atoms with van der Waals surface area (Å²) in [6.45, 7) is 24.2. The van der Waals surface area contributed by atoms with Gasteiger partial charge in [-0.1, -0.05) is 197 Å². The van der Waals surface area contributed by atoms with Crippen LogP contribution in [0, 0.1) is 30.6 Å². The highest BCUT2D eigenvalue weighted by Gasteiger charge is 2.31. The first-order valence-electron chi connectivity index (χ1n) is 36.9. The zero-order valence-corrected chi connectivity index (χ0v) is 65.8. The fourth-order valence-electron chi connectivity index (χ4n) is 14.9. The minimum absolute atomic E-state index is 0.663. The van der Waals surface area contributed by atoms with Crippen LogP contribution < -0.4 is 4.74 Å². The maximum atomic E-state index is 7.52. The van der Waals surface area contributed by atoms with Gasteiger partial charge in [0.25, 0.3) is 0 Å². The van der Waals surface area contributed by atoms with Gasteiger partial charge in [0.15, 0.2) is 0 Å². The van der Waals surface area contributed by atoms with Crippen molar-refractivity contribution in [1.82, 2.24) is 8.75 Å². The zero-order valence-electron chi connectivity index (χ0n) is 58.5. The van der Waals surface area contributed by atoms with Crippen molar-refractivity contribution >= 4 is 154 Å². The minimum atomic E-state index is 0.663. The monoisotopic (exact) mass is 1430 g/mol. The van der Waals surface area contributed by atoms with Crippen molar-refractivity contribution in [3.63, 3.8) is 0 Å². The maximum Gasteiger partial charge on any atom is 0.133 e. The third-order valence-corrected chi connectivity index (χ3v) is 29.9. The van der Waals surface area contributed by atoms with E-state index >= 15 is 0 Å². The van der Waals surface area contributed by atoms with Gasteiger partial charge in [-0.25, -0.2) is 0 Å². The molecule has 0 saturated heterocycles. The average molecular weight is 1430 g/mol. The number of hydrogen-bond acceptors (Lipinski definition) is 12. The average Bonchev–Trinajstić information content (AvgIpc) is 1.56. The molecule has 0 saturated carbocycles. The number of benzene rings is 3. The Kier molecular flexibility index (Phi) is 25.2. The van der Waals surface area contributed by atoms with Crippen molar-refractivity contribution in [3.8, 4) is 68.4 Å². The van der Waals surface area contributed by atoms with Crippen LogP contribution in [0.4, 0.5) is 0 Å². The zero-order chi connectivity index (χ0) is 66.0. The van der Waals surface area contributed by atoms with Crippen LogP contribution >= 0.6 is 102 Å². The van der Waals surface area contributed by atoms with Gasteiger partial charge in [0.1, 0.15) is 16.8 Å². The maximum absolute atomic E-state index is 7.52. The van der Waals surface area contributed by atoms with Crippen LogP contribution in [-0.4, -0.2) is 15.4 Å². The first-order chi connectivity index (χ1) is 46.6. The molecule has 9 heterocycles. The summed E-state index contributed by atoms with van der Waals surface area (Å²) in [7, 11) is 0. The van der Waals surface area contributed by atoms with Crippen LogP contribution in [0.1, 0.15) is 229 Å². The summed E-state index contributed by atoms with van der Waals surface area (Å²) in [5.74, 6) is 3.83. The second-order valence-corrected chi connectivity index (χ2v) is 36.5. The van der Waals surface area contributed by atoms with Crippen LogP contribution in [0.25, 0.3) is 114 Å². The van der Waals surface area contributed by atoms with Crippen molar-refractivity contribution in [2.24, 2.45) is 23.7 Å². The normalized spacial score (nSPS) is 13.5. The molecule has 4 atom stereocenters. The molecular weight excluding hydrogens is 1330 g/mol. The molecule has 9 aromatic heterocycles. The Hall–Kier alpha value is -4.08. The minimum Gasteiger partial charge on any atom is -0.493 e. The van der Waals surface area contributed by atoms with E-state index in [4.69, 9.17) is 13.5 Å². The Morgan fingerprint density at radius 2 is 0.705 bits per heavy atom. The first-order valence-corrected chi connectivity index (χ1v) is 44.2. The number of ether oxygens (including phenoxy) is 1. The van der Waals surface area contributed by atoms with E-state index in [1.165, 1.54) is 269 Å². The summed E-state index contributed by atoms with van der Waals surface area (Å²) < 4.78 is 24.0. The van der Waals surface area contributed by atoms with Crippen molar-refractivity contribution in [2.75, 3.05) is 6.61 Å². The Labute approximate surface area is 605 Å². The lowest BCUT2D eigenvalue weighted by molar-refractivity contribution is 0.304. The van der Waals surface area contributed by atoms with Crippen molar-refractivity contribution in [3.05, 3.63) is 109 Å². The van der Waals surface area contributed by atoms with Crippen molar-refractivity contribution in [1.29, 1.82) is 0 Å². The van der Waals surface area contributed by atoms with E-state index < -0.39 is 0 Å². The van der Waals surface area contributed by atoms with Crippen molar-refractivity contribution in [2.45, 2.75) is 236 Å². The Balaban J connectivity index is 1.06. The molecule has 12 rings (SSSR count). The highest BCUT2D eigenvalue weighted by molar-refractivity contribution is 7.26. The van der Waals surface area contributed by atoms with Gasteiger partial charge < -0.3 is 4.74 Å². The molecule has 504 valence electrons. The number of unbranched alkanes of at least 4 members (excludes halogenated alkanes) is 9. The molecule has 4 unspecified atom stereocenters. The molecule has 12 aromatic rings. The van der Waals surface area contributed by atoms with E-state index in [1.54, 1.807) is 0 Å². The summed E-state index contributed by atoms with van der Waals surface area (Å²) >= 11 is 17.3. The Morgan fingerprint density at radius 3 is 1.09 bits per heavy atom. The first kappa shape index (κ1) is 70.8. The molecule has 3 aromatic carbocycles. The quantitative estimate of drug-likeness (QED) is 0.0362. The molecule has 0 radical (unpaired) electrons. The van der Waals surface area contributed by atoms with E-state index in [-0.39, 0.29) is 0 Å². The van der Waals surface area contributed by atoms with Gasteiger partial charge in [0.05, 0.1) is 23.9 Å². The predicted octanol–water partition coefficient (Wildman–Crippen LogP) is 30.9. The summed E-state index contributed by atoms with van der Waals surface area (Å²) in [6, 6.07) is 29.7. The van der Waals surface area contributed by atoms with Crippen LogP contribution in [-0.2, 0) is 25.7 Å². The number of fused-ring (bicyclic) bond motifs is 5. The molecule has 0 spiro atoms. The third kappa shape index (κ3) is 15.6. The highest BCUT2D eigenvalue weighted by Crippen LogP contribution is 2.58. The third-order valence-electron chi connectivity index (χ3n) is 20.7. The lowest BCUT2D eigenvalue weighted by Gasteiger charge is -2.17. The van der Waals surface area contributed by atoms with E-state index in [0.717, 1.165) is 54.5 Å². The molecular formula is C83H102N2OS9. The molecule has 0 aliphatic heterocycles. The number of hydrogen-bond donors (Lipinski definition) is 0. The second kappa shape index (κ2) is 33.9. The number of rotatable bonds is 38. The molecule has 95 heavy (non-hydrogen) atoms. The summed E-state index contributed by atoms with van der Waals surface area (Å²) in [5.41, 5.74) is 11.0. The molecule has 12 heteroatoms. The topological polar surface area (TPSA) is 35.0 Å². The lowest BCUT2D eigenvalue weighted by atomic mass is 9.95. The molecule has 3 nitrogen and oxygen atoms in total. The molecule has 0 amide bonds. The largest absolute Gasteiger partial charge is 0.493 e. The Morgan fingerprint density at radius 1 is 0.347 bits per heavy atom. The van der Waals surface area contributed by atoms with E-state index in [1.807, 2.05) is 90.7 Å². The molecule has 0 N–H and O–H groups in total. The van der Waals surface area contributed by atoms with Gasteiger partial charge >= 0.3 is 0 Å². The predicted molar refractivity (Wildman–Crippen MR) is 435 cm³/mol. The van der Waals surface area contributed by atoms with Gasteiger partial charge in [0, 0.05) is 122 Å². The van der Waals surface area contributed by atoms with E-state index in [9.17, 15) is 0 Å². The second-order valence-electron chi connectivity index (χ2n) is 27.4.